The summed E-state index contributed by atoms with van der Waals surface area (Å²) < 4.78 is 0. The molecule has 9 heavy (non-hydrogen) atoms. The highest BCUT2D eigenvalue weighted by Gasteiger charge is 1.93. The lowest BCUT2D eigenvalue weighted by Gasteiger charge is -2.14. The number of unbranched alkanes of at least 4 members (excludes halogenated alkanes) is 1. The van der Waals surface area contributed by atoms with Crippen molar-refractivity contribution in [1.29, 1.82) is 0 Å². The number of hydrogen-bond donors (Lipinski definition) is 0. The summed E-state index contributed by atoms with van der Waals surface area (Å²) in [5.41, 5.74) is 0. The smallest absolute Gasteiger partial charge is 0.00944 e. The molecule has 0 unspecified atom stereocenters. The maximum atomic E-state index is 3.26. The van der Waals surface area contributed by atoms with Gasteiger partial charge in [0.25, 0.3) is 0 Å². The Bertz CT molecular complexity index is 120. The summed E-state index contributed by atoms with van der Waals surface area (Å²) >= 11 is 0. The first-order chi connectivity index (χ1) is 4.06. The van der Waals surface area contributed by atoms with E-state index < -0.39 is 10.0 Å². The van der Waals surface area contributed by atoms with Crippen LogP contribution in [0.4, 0.5) is 0 Å². The van der Waals surface area contributed by atoms with Crippen LogP contribution in [0.15, 0.2) is 0 Å². The van der Waals surface area contributed by atoms with E-state index in [0.717, 1.165) is 6.42 Å². The Hall–Kier alpha value is -0.0900. The molecule has 0 aromatic carbocycles. The van der Waals surface area contributed by atoms with Crippen molar-refractivity contribution in [1.82, 2.24) is 0 Å². The lowest BCUT2D eigenvalue weighted by Crippen LogP contribution is -1.84. The Kier molecular flexibility index (Phi) is 3.81. The molecular formula is C8H16S. The highest BCUT2D eigenvalue weighted by molar-refractivity contribution is 8.35. The van der Waals surface area contributed by atoms with Gasteiger partial charge in [0.15, 0.2) is 0 Å². The second-order valence-corrected chi connectivity index (χ2v) is 6.74. The SMILES string of the molecule is CCCC#CS(C)(C)C. The standard InChI is InChI=1S/C8H16S/c1-5-6-7-8-9(2,3)4/h5-6H2,1-4H3. The van der Waals surface area contributed by atoms with E-state index in [4.69, 9.17) is 0 Å². The zero-order valence-electron chi connectivity index (χ0n) is 6.82. The Labute approximate surface area is 60.4 Å². The van der Waals surface area contributed by atoms with Crippen LogP contribution >= 0.6 is 10.0 Å². The van der Waals surface area contributed by atoms with Crippen molar-refractivity contribution in [2.24, 2.45) is 0 Å². The van der Waals surface area contributed by atoms with Gasteiger partial charge >= 0.3 is 0 Å². The summed E-state index contributed by atoms with van der Waals surface area (Å²) in [6, 6.07) is 0. The van der Waals surface area contributed by atoms with Crippen molar-refractivity contribution in [3.63, 3.8) is 0 Å². The molecule has 0 aliphatic rings. The van der Waals surface area contributed by atoms with E-state index in [1.807, 2.05) is 0 Å². The van der Waals surface area contributed by atoms with Gasteiger partial charge in [0.05, 0.1) is 0 Å². The molecule has 0 aliphatic heterocycles. The van der Waals surface area contributed by atoms with Crippen LogP contribution in [-0.2, 0) is 0 Å². The lowest BCUT2D eigenvalue weighted by molar-refractivity contribution is 0.984. The van der Waals surface area contributed by atoms with Crippen LogP contribution in [0, 0.1) is 11.2 Å². The zero-order chi connectivity index (χ0) is 7.33. The van der Waals surface area contributed by atoms with Crippen molar-refractivity contribution < 1.29 is 0 Å². The molecule has 0 N–H and O–H groups in total. The molecule has 0 rings (SSSR count). The van der Waals surface area contributed by atoms with Crippen molar-refractivity contribution in [3.8, 4) is 11.2 Å². The zero-order valence-corrected chi connectivity index (χ0v) is 7.64. The minimum atomic E-state index is -0.557. The average molecular weight is 144 g/mol. The minimum absolute atomic E-state index is 0.557. The lowest BCUT2D eigenvalue weighted by atomic mass is 10.4. The maximum absolute atomic E-state index is 3.26. The van der Waals surface area contributed by atoms with E-state index in [1.54, 1.807) is 0 Å². The van der Waals surface area contributed by atoms with Gasteiger partial charge in [0.1, 0.15) is 0 Å². The fraction of sp³-hybridized carbons (Fsp3) is 0.750. The van der Waals surface area contributed by atoms with Gasteiger partial charge in [-0.15, -0.1) is 0 Å². The summed E-state index contributed by atoms with van der Waals surface area (Å²) in [5, 5.41) is 3.26. The maximum Gasteiger partial charge on any atom is 0.00944 e. The summed E-state index contributed by atoms with van der Waals surface area (Å²) in [5.74, 6) is 3.16. The van der Waals surface area contributed by atoms with Crippen molar-refractivity contribution in [3.05, 3.63) is 0 Å². The fourth-order valence-electron chi connectivity index (χ4n) is 0.393. The van der Waals surface area contributed by atoms with Crippen LogP contribution in [0.2, 0.25) is 0 Å². The molecule has 0 saturated carbocycles. The predicted octanol–water partition coefficient (Wildman–Crippen LogP) is 2.44. The molecule has 0 heterocycles. The first-order valence-electron chi connectivity index (χ1n) is 3.24. The van der Waals surface area contributed by atoms with Crippen LogP contribution < -0.4 is 0 Å². The summed E-state index contributed by atoms with van der Waals surface area (Å²) in [6.07, 6.45) is 8.90. The largest absolute Gasteiger partial charge is 0.186 e. The average Bonchev–Trinajstić information content (AvgIpc) is 1.63. The van der Waals surface area contributed by atoms with E-state index in [0.29, 0.717) is 0 Å². The van der Waals surface area contributed by atoms with Crippen molar-refractivity contribution in [2.75, 3.05) is 18.8 Å². The summed E-state index contributed by atoms with van der Waals surface area (Å²) in [6.45, 7) is 2.16. The van der Waals surface area contributed by atoms with E-state index in [1.165, 1.54) is 6.42 Å². The number of rotatable bonds is 1. The first kappa shape index (κ1) is 8.91. The van der Waals surface area contributed by atoms with E-state index in [-0.39, 0.29) is 0 Å². The molecule has 0 atom stereocenters. The molecule has 0 spiro atoms. The van der Waals surface area contributed by atoms with Gasteiger partial charge in [0, 0.05) is 6.42 Å². The Morgan fingerprint density at radius 3 is 2.11 bits per heavy atom. The van der Waals surface area contributed by atoms with Gasteiger partial charge < -0.3 is 0 Å². The molecule has 0 aromatic heterocycles. The monoisotopic (exact) mass is 144 g/mol. The molecule has 0 fully saturated rings. The Morgan fingerprint density at radius 1 is 1.22 bits per heavy atom. The predicted molar refractivity (Wildman–Crippen MR) is 48.0 cm³/mol. The molecule has 54 valence electrons. The van der Waals surface area contributed by atoms with Crippen LogP contribution in [0.3, 0.4) is 0 Å². The third kappa shape index (κ3) is 7.91. The van der Waals surface area contributed by atoms with Crippen LogP contribution in [0.25, 0.3) is 0 Å². The highest BCUT2D eigenvalue weighted by Crippen LogP contribution is 2.32. The molecule has 0 radical (unpaired) electrons. The first-order valence-corrected chi connectivity index (χ1v) is 6.10. The molecule has 0 saturated heterocycles. The fourth-order valence-corrected chi connectivity index (χ4v) is 0.928. The minimum Gasteiger partial charge on any atom is -0.186 e. The molecule has 0 aliphatic carbocycles. The quantitative estimate of drug-likeness (QED) is 0.496. The van der Waals surface area contributed by atoms with Crippen molar-refractivity contribution in [2.45, 2.75) is 19.8 Å². The molecule has 0 nitrogen and oxygen atoms in total. The van der Waals surface area contributed by atoms with E-state index in [2.05, 4.69) is 36.9 Å². The highest BCUT2D eigenvalue weighted by atomic mass is 32.3. The summed E-state index contributed by atoms with van der Waals surface area (Å²) in [4.78, 5) is 0. The van der Waals surface area contributed by atoms with Gasteiger partial charge in [0.2, 0.25) is 0 Å². The molecule has 0 bridgehead atoms. The Balaban J connectivity index is 3.59. The Morgan fingerprint density at radius 2 is 1.78 bits per heavy atom. The van der Waals surface area contributed by atoms with Gasteiger partial charge in [-0.2, -0.15) is 10.0 Å². The second-order valence-electron chi connectivity index (χ2n) is 2.87. The molecule has 0 aromatic rings. The third-order valence-corrected chi connectivity index (χ3v) is 1.51. The topological polar surface area (TPSA) is 0 Å². The van der Waals surface area contributed by atoms with Crippen molar-refractivity contribution >= 4 is 10.0 Å². The number of hydrogen-bond acceptors (Lipinski definition) is 0. The van der Waals surface area contributed by atoms with Gasteiger partial charge in [-0.25, -0.2) is 0 Å². The van der Waals surface area contributed by atoms with Crippen LogP contribution in [0.1, 0.15) is 19.8 Å². The second kappa shape index (κ2) is 3.85. The van der Waals surface area contributed by atoms with Gasteiger partial charge in [-0.05, 0) is 25.2 Å². The van der Waals surface area contributed by atoms with Crippen LogP contribution in [0.5, 0.6) is 0 Å². The van der Waals surface area contributed by atoms with E-state index in [9.17, 15) is 0 Å². The third-order valence-electron chi connectivity index (χ3n) is 0.753. The summed E-state index contributed by atoms with van der Waals surface area (Å²) in [7, 11) is -0.557. The van der Waals surface area contributed by atoms with E-state index >= 15 is 0 Å². The molecule has 0 amide bonds. The van der Waals surface area contributed by atoms with Gasteiger partial charge in [-0.1, -0.05) is 18.1 Å². The van der Waals surface area contributed by atoms with Crippen LogP contribution in [-0.4, -0.2) is 18.8 Å². The molecular weight excluding hydrogens is 128 g/mol. The molecule has 1 heteroatoms. The normalized spacial score (nSPS) is 12.0. The van der Waals surface area contributed by atoms with Gasteiger partial charge in [-0.3, -0.25) is 0 Å².